The average Bonchev–Trinajstić information content (AvgIpc) is 2.90. The Morgan fingerprint density at radius 3 is 2.17 bits per heavy atom. The van der Waals surface area contributed by atoms with E-state index in [1.54, 1.807) is 37.3 Å². The monoisotopic (exact) mass is 617 g/mol. The summed E-state index contributed by atoms with van der Waals surface area (Å²) in [7, 11) is -3.85. The van der Waals surface area contributed by atoms with Gasteiger partial charge in [-0.2, -0.15) is 0 Å². The van der Waals surface area contributed by atoms with Gasteiger partial charge in [0.1, 0.15) is 12.6 Å². The number of anilines is 1. The van der Waals surface area contributed by atoms with Gasteiger partial charge in [-0.1, -0.05) is 91.1 Å². The molecule has 0 saturated heterocycles. The molecule has 0 aliphatic rings. The van der Waals surface area contributed by atoms with Crippen LogP contribution in [0.2, 0.25) is 10.0 Å². The number of halogens is 2. The van der Waals surface area contributed by atoms with E-state index in [9.17, 15) is 18.0 Å². The van der Waals surface area contributed by atoms with E-state index in [4.69, 9.17) is 23.2 Å². The highest BCUT2D eigenvalue weighted by atomic mass is 35.5. The van der Waals surface area contributed by atoms with Crippen LogP contribution in [-0.4, -0.2) is 50.5 Å². The zero-order valence-electron chi connectivity index (χ0n) is 24.0. The molecule has 2 amide bonds. The molecule has 0 fully saturated rings. The van der Waals surface area contributed by atoms with E-state index in [2.05, 4.69) is 5.32 Å². The van der Waals surface area contributed by atoms with E-state index in [0.717, 1.165) is 27.3 Å². The third-order valence-corrected chi connectivity index (χ3v) is 8.46. The maximum atomic E-state index is 14.2. The smallest absolute Gasteiger partial charge is 0.244 e. The van der Waals surface area contributed by atoms with Crippen LogP contribution in [0, 0.1) is 19.8 Å². The fourth-order valence-corrected chi connectivity index (χ4v) is 5.72. The highest BCUT2D eigenvalue weighted by Gasteiger charge is 2.33. The van der Waals surface area contributed by atoms with Crippen molar-refractivity contribution in [3.63, 3.8) is 0 Å². The third kappa shape index (κ3) is 9.21. The second-order valence-electron chi connectivity index (χ2n) is 10.7. The predicted octanol–water partition coefficient (Wildman–Crippen LogP) is 5.79. The molecule has 0 aromatic heterocycles. The fraction of sp³-hybridized carbons (Fsp3) is 0.355. The van der Waals surface area contributed by atoms with Crippen molar-refractivity contribution < 1.29 is 18.0 Å². The molecule has 0 aliphatic heterocycles. The Balaban J connectivity index is 2.08. The van der Waals surface area contributed by atoms with Crippen LogP contribution in [0.25, 0.3) is 0 Å². The molecule has 10 heteroatoms. The third-order valence-electron chi connectivity index (χ3n) is 6.59. The molecule has 3 rings (SSSR count). The van der Waals surface area contributed by atoms with Crippen LogP contribution in [0.3, 0.4) is 0 Å². The van der Waals surface area contributed by atoms with Crippen molar-refractivity contribution in [3.8, 4) is 0 Å². The van der Waals surface area contributed by atoms with Gasteiger partial charge >= 0.3 is 0 Å². The summed E-state index contributed by atoms with van der Waals surface area (Å²) in [5, 5.41) is 3.64. The van der Waals surface area contributed by atoms with Gasteiger partial charge in [0.2, 0.25) is 21.8 Å². The predicted molar refractivity (Wildman–Crippen MR) is 167 cm³/mol. The van der Waals surface area contributed by atoms with Crippen molar-refractivity contribution in [2.45, 2.75) is 46.7 Å². The van der Waals surface area contributed by atoms with Gasteiger partial charge in [0.05, 0.1) is 22.0 Å². The van der Waals surface area contributed by atoms with E-state index in [1.165, 1.54) is 4.90 Å². The Bertz CT molecular complexity index is 1480. The van der Waals surface area contributed by atoms with Crippen molar-refractivity contribution in [1.82, 2.24) is 10.2 Å². The molecule has 1 atom stereocenters. The van der Waals surface area contributed by atoms with Crippen LogP contribution in [0.4, 0.5) is 5.69 Å². The number of hydrogen-bond donors (Lipinski definition) is 1. The Morgan fingerprint density at radius 2 is 1.59 bits per heavy atom. The first kappa shape index (κ1) is 32.4. The van der Waals surface area contributed by atoms with Crippen molar-refractivity contribution >= 4 is 50.7 Å². The van der Waals surface area contributed by atoms with Crippen LogP contribution in [0.15, 0.2) is 66.7 Å². The summed E-state index contributed by atoms with van der Waals surface area (Å²) in [6.07, 6.45) is 1.31. The van der Waals surface area contributed by atoms with Gasteiger partial charge in [0, 0.05) is 19.5 Å². The lowest BCUT2D eigenvalue weighted by Gasteiger charge is -2.34. The van der Waals surface area contributed by atoms with Gasteiger partial charge in [-0.15, -0.1) is 0 Å². The molecule has 220 valence electrons. The number of rotatable bonds is 12. The number of sulfonamides is 1. The summed E-state index contributed by atoms with van der Waals surface area (Å²) in [5.41, 5.74) is 3.61. The van der Waals surface area contributed by atoms with Crippen LogP contribution < -0.4 is 9.62 Å². The van der Waals surface area contributed by atoms with E-state index in [0.29, 0.717) is 27.8 Å². The highest BCUT2D eigenvalue weighted by Crippen LogP contribution is 2.26. The molecule has 41 heavy (non-hydrogen) atoms. The maximum absolute atomic E-state index is 14.2. The average molecular weight is 619 g/mol. The molecule has 0 heterocycles. The van der Waals surface area contributed by atoms with Crippen LogP contribution >= 0.6 is 23.2 Å². The molecule has 0 aliphatic carbocycles. The minimum atomic E-state index is -3.85. The first-order valence-electron chi connectivity index (χ1n) is 13.4. The summed E-state index contributed by atoms with van der Waals surface area (Å²) in [6, 6.07) is 18.9. The SMILES string of the molecule is Cc1ccc(N(CC(=O)N(Cc2ccc(Cl)c(Cl)c2)C(Cc2ccccc2)C(=O)NCC(C)C)S(C)(=O)=O)c(C)c1. The van der Waals surface area contributed by atoms with Crippen LogP contribution in [-0.2, 0) is 32.6 Å². The molecule has 0 saturated carbocycles. The number of nitrogens with one attached hydrogen (secondary N) is 1. The molecule has 3 aromatic carbocycles. The lowest BCUT2D eigenvalue weighted by Crippen LogP contribution is -2.53. The lowest BCUT2D eigenvalue weighted by atomic mass is 10.0. The minimum Gasteiger partial charge on any atom is -0.354 e. The van der Waals surface area contributed by atoms with Crippen molar-refractivity contribution in [1.29, 1.82) is 0 Å². The molecule has 1 unspecified atom stereocenters. The fourth-order valence-electron chi connectivity index (χ4n) is 4.49. The molecule has 0 spiro atoms. The molecule has 7 nitrogen and oxygen atoms in total. The molecular weight excluding hydrogens is 581 g/mol. The first-order valence-corrected chi connectivity index (χ1v) is 16.0. The maximum Gasteiger partial charge on any atom is 0.244 e. The summed E-state index contributed by atoms with van der Waals surface area (Å²) in [6.45, 7) is 7.65. The van der Waals surface area contributed by atoms with Gasteiger partial charge in [-0.05, 0) is 54.7 Å². The second-order valence-corrected chi connectivity index (χ2v) is 13.4. The van der Waals surface area contributed by atoms with Crippen molar-refractivity contribution in [3.05, 3.63) is 99.0 Å². The highest BCUT2D eigenvalue weighted by molar-refractivity contribution is 7.92. The summed E-state index contributed by atoms with van der Waals surface area (Å²) in [5.74, 6) is -0.656. The van der Waals surface area contributed by atoms with Gasteiger partial charge in [-0.25, -0.2) is 8.42 Å². The van der Waals surface area contributed by atoms with Crippen LogP contribution in [0.5, 0.6) is 0 Å². The standard InChI is InChI=1S/C31H37Cl2N3O4S/c1-21(2)18-34-31(38)29(17-24-9-7-6-8-10-24)35(19-25-12-13-26(32)27(33)16-25)30(37)20-36(41(5,39)40)28-14-11-22(3)15-23(28)4/h6-16,21,29H,17-20H2,1-5H3,(H,34,38). The number of amides is 2. The Morgan fingerprint density at radius 1 is 0.902 bits per heavy atom. The normalized spacial score (nSPS) is 12.2. The molecule has 3 aromatic rings. The number of nitrogens with zero attached hydrogens (tertiary/aromatic N) is 2. The number of hydrogen-bond acceptors (Lipinski definition) is 4. The largest absolute Gasteiger partial charge is 0.354 e. The first-order chi connectivity index (χ1) is 19.3. The van der Waals surface area contributed by atoms with E-state index in [-0.39, 0.29) is 24.8 Å². The number of benzene rings is 3. The zero-order chi connectivity index (χ0) is 30.3. The Kier molecular flexibility index (Phi) is 11.2. The van der Waals surface area contributed by atoms with Gasteiger partial charge < -0.3 is 10.2 Å². The van der Waals surface area contributed by atoms with E-state index in [1.807, 2.05) is 57.2 Å². The molecule has 0 radical (unpaired) electrons. The Labute approximate surface area is 253 Å². The molecule has 1 N–H and O–H groups in total. The summed E-state index contributed by atoms with van der Waals surface area (Å²) >= 11 is 12.4. The number of aryl methyl sites for hydroxylation is 2. The minimum absolute atomic E-state index is 0.0206. The summed E-state index contributed by atoms with van der Waals surface area (Å²) in [4.78, 5) is 29.3. The lowest BCUT2D eigenvalue weighted by molar-refractivity contribution is -0.140. The second kappa shape index (κ2) is 14.2. The summed E-state index contributed by atoms with van der Waals surface area (Å²) < 4.78 is 27.1. The molecular formula is C31H37Cl2N3O4S. The molecule has 0 bridgehead atoms. The number of carbonyl (C=O) groups is 2. The van der Waals surface area contributed by atoms with E-state index >= 15 is 0 Å². The van der Waals surface area contributed by atoms with Crippen molar-refractivity contribution in [2.75, 3.05) is 23.7 Å². The van der Waals surface area contributed by atoms with Gasteiger partial charge in [0.25, 0.3) is 0 Å². The van der Waals surface area contributed by atoms with Crippen molar-refractivity contribution in [2.24, 2.45) is 5.92 Å². The topological polar surface area (TPSA) is 86.8 Å². The van der Waals surface area contributed by atoms with Gasteiger partial charge in [0.15, 0.2) is 0 Å². The number of carbonyl (C=O) groups excluding carboxylic acids is 2. The van der Waals surface area contributed by atoms with E-state index < -0.39 is 28.5 Å². The zero-order valence-corrected chi connectivity index (χ0v) is 26.4. The quantitative estimate of drug-likeness (QED) is 0.279. The Hall–Kier alpha value is -3.07. The van der Waals surface area contributed by atoms with Gasteiger partial charge in [-0.3, -0.25) is 13.9 Å². The van der Waals surface area contributed by atoms with Crippen LogP contribution in [0.1, 0.15) is 36.1 Å².